The first-order valence-corrected chi connectivity index (χ1v) is 4.08. The van der Waals surface area contributed by atoms with Crippen molar-refractivity contribution in [2.24, 2.45) is 10.8 Å². The van der Waals surface area contributed by atoms with Crippen molar-refractivity contribution in [1.29, 1.82) is 0 Å². The summed E-state index contributed by atoms with van der Waals surface area (Å²) in [6.07, 6.45) is 1.11. The molecule has 4 N–H and O–H groups in total. The average Bonchev–Trinajstić information content (AvgIpc) is 2.12. The van der Waals surface area contributed by atoms with Crippen LogP contribution in [0.5, 0.6) is 5.75 Å². The van der Waals surface area contributed by atoms with Crippen molar-refractivity contribution in [3.63, 3.8) is 0 Å². The Bertz CT molecular complexity index is 418. The van der Waals surface area contributed by atoms with Crippen molar-refractivity contribution < 1.29 is 14.3 Å². The third-order valence-corrected chi connectivity index (χ3v) is 1.62. The lowest BCUT2D eigenvalue weighted by molar-refractivity contribution is 0.249. The van der Waals surface area contributed by atoms with Gasteiger partial charge in [0.15, 0.2) is 11.6 Å². The predicted octanol–water partition coefficient (Wildman–Crippen LogP) is 0.842. The van der Waals surface area contributed by atoms with Gasteiger partial charge < -0.3 is 10.8 Å². The zero-order chi connectivity index (χ0) is 11.4. The summed E-state index contributed by atoms with van der Waals surface area (Å²) in [4.78, 5) is 10.3. The van der Waals surface area contributed by atoms with E-state index in [0.29, 0.717) is 5.56 Å². The molecule has 0 aromatic heterocycles. The number of phenols is 1. The number of hydrazone groups is 1. The number of hydrogen-bond acceptors (Lipinski definition) is 3. The monoisotopic (exact) mass is 211 g/mol. The van der Waals surface area contributed by atoms with Crippen LogP contribution in [0.15, 0.2) is 17.2 Å². The van der Waals surface area contributed by atoms with Gasteiger partial charge in [-0.05, 0) is 24.6 Å². The average molecular weight is 211 g/mol. The second kappa shape index (κ2) is 4.41. The summed E-state index contributed by atoms with van der Waals surface area (Å²) >= 11 is 0. The van der Waals surface area contributed by atoms with E-state index in [1.165, 1.54) is 12.1 Å². The van der Waals surface area contributed by atoms with Gasteiger partial charge in [0.1, 0.15) is 0 Å². The summed E-state index contributed by atoms with van der Waals surface area (Å²) in [6.45, 7) is 1.67. The fraction of sp³-hybridized carbons (Fsp3) is 0.111. The lowest BCUT2D eigenvalue weighted by Crippen LogP contribution is -2.24. The van der Waals surface area contributed by atoms with Gasteiger partial charge in [0.25, 0.3) is 0 Å². The van der Waals surface area contributed by atoms with E-state index in [2.05, 4.69) is 5.10 Å². The Morgan fingerprint density at radius 3 is 2.93 bits per heavy atom. The topological polar surface area (TPSA) is 87.7 Å². The molecule has 0 atom stereocenters. The molecule has 1 aromatic rings. The highest BCUT2D eigenvalue weighted by Crippen LogP contribution is 2.21. The van der Waals surface area contributed by atoms with Gasteiger partial charge in [-0.3, -0.25) is 0 Å². The van der Waals surface area contributed by atoms with Gasteiger partial charge in [0.2, 0.25) is 0 Å². The van der Waals surface area contributed by atoms with Crippen LogP contribution < -0.4 is 11.2 Å². The van der Waals surface area contributed by atoms with Gasteiger partial charge in [-0.15, -0.1) is 0 Å². The minimum atomic E-state index is -0.834. The number of urea groups is 1. The number of primary amides is 1. The lowest BCUT2D eigenvalue weighted by Gasteiger charge is -2.01. The molecule has 1 rings (SSSR count). The van der Waals surface area contributed by atoms with Crippen molar-refractivity contribution in [2.45, 2.75) is 6.92 Å². The molecule has 0 saturated carbocycles. The van der Waals surface area contributed by atoms with E-state index in [0.717, 1.165) is 6.21 Å². The highest BCUT2D eigenvalue weighted by molar-refractivity contribution is 5.84. The molecule has 0 radical (unpaired) electrons. The van der Waals surface area contributed by atoms with Crippen LogP contribution in [0.2, 0.25) is 0 Å². The van der Waals surface area contributed by atoms with Crippen LogP contribution in [-0.2, 0) is 0 Å². The molecule has 0 aliphatic rings. The van der Waals surface area contributed by atoms with Gasteiger partial charge in [-0.2, -0.15) is 5.10 Å². The van der Waals surface area contributed by atoms with Crippen molar-refractivity contribution in [2.75, 3.05) is 0 Å². The van der Waals surface area contributed by atoms with Gasteiger partial charge in [-0.25, -0.2) is 14.6 Å². The minimum absolute atomic E-state index is 0.168. The van der Waals surface area contributed by atoms with E-state index >= 15 is 0 Å². The molecular weight excluding hydrogens is 201 g/mol. The highest BCUT2D eigenvalue weighted by atomic mass is 19.1. The maximum atomic E-state index is 13.0. The molecule has 15 heavy (non-hydrogen) atoms. The molecule has 1 aromatic carbocycles. The Morgan fingerprint density at radius 1 is 1.67 bits per heavy atom. The van der Waals surface area contributed by atoms with Crippen LogP contribution in [0.4, 0.5) is 9.18 Å². The van der Waals surface area contributed by atoms with Crippen LogP contribution >= 0.6 is 0 Å². The number of halogens is 1. The Kier molecular flexibility index (Phi) is 3.22. The van der Waals surface area contributed by atoms with E-state index in [1.54, 1.807) is 6.92 Å². The van der Waals surface area contributed by atoms with Crippen LogP contribution in [0.1, 0.15) is 11.1 Å². The van der Waals surface area contributed by atoms with Crippen molar-refractivity contribution in [3.05, 3.63) is 29.1 Å². The van der Waals surface area contributed by atoms with Crippen molar-refractivity contribution >= 4 is 12.2 Å². The van der Waals surface area contributed by atoms with Crippen molar-refractivity contribution in [1.82, 2.24) is 5.43 Å². The SMILES string of the molecule is Cc1cc(F)c(O)c(/C=N/NC(N)=O)c1. The molecule has 0 bridgehead atoms. The Morgan fingerprint density at radius 2 is 2.33 bits per heavy atom. The summed E-state index contributed by atoms with van der Waals surface area (Å²) in [5, 5.41) is 12.7. The zero-order valence-electron chi connectivity index (χ0n) is 7.99. The number of nitrogens with zero attached hydrogens (tertiary/aromatic N) is 1. The standard InChI is InChI=1S/C9H10FN3O2/c1-5-2-6(4-12-13-9(11)15)8(14)7(10)3-5/h2-4,14H,1H3,(H3,11,13,15)/b12-4+. The smallest absolute Gasteiger partial charge is 0.332 e. The third-order valence-electron chi connectivity index (χ3n) is 1.62. The maximum Gasteiger partial charge on any atom is 0.332 e. The lowest BCUT2D eigenvalue weighted by atomic mass is 10.1. The normalized spacial score (nSPS) is 10.5. The number of nitrogens with two attached hydrogens (primary N) is 1. The molecule has 0 aliphatic carbocycles. The number of nitrogens with one attached hydrogen (secondary N) is 1. The Balaban J connectivity index is 2.94. The Labute approximate surface area is 85.4 Å². The summed E-state index contributed by atoms with van der Waals surface area (Å²) in [7, 11) is 0. The molecule has 5 nitrogen and oxygen atoms in total. The molecule has 0 unspecified atom stereocenters. The second-order valence-electron chi connectivity index (χ2n) is 2.92. The quantitative estimate of drug-likeness (QED) is 0.500. The number of aromatic hydroxyl groups is 1. The minimum Gasteiger partial charge on any atom is -0.504 e. The number of amides is 2. The molecule has 0 fully saturated rings. The first-order valence-electron chi connectivity index (χ1n) is 4.08. The number of aryl methyl sites for hydroxylation is 1. The molecule has 80 valence electrons. The number of phenolic OH excluding ortho intramolecular Hbond substituents is 1. The van der Waals surface area contributed by atoms with Gasteiger partial charge >= 0.3 is 6.03 Å². The van der Waals surface area contributed by atoms with Gasteiger partial charge in [-0.1, -0.05) is 0 Å². The molecule has 0 spiro atoms. The fourth-order valence-corrected chi connectivity index (χ4v) is 1.03. The number of carbonyl (C=O) groups excluding carboxylic acids is 1. The predicted molar refractivity (Wildman–Crippen MR) is 53.1 cm³/mol. The van der Waals surface area contributed by atoms with Crippen molar-refractivity contribution in [3.8, 4) is 5.75 Å². The molecule has 0 saturated heterocycles. The summed E-state index contributed by atoms with van der Waals surface area (Å²) < 4.78 is 13.0. The zero-order valence-corrected chi connectivity index (χ0v) is 7.99. The first-order chi connectivity index (χ1) is 7.00. The van der Waals surface area contributed by atoms with Crippen LogP contribution in [0.25, 0.3) is 0 Å². The first kappa shape index (κ1) is 11.0. The molecule has 2 amide bonds. The number of hydrogen-bond donors (Lipinski definition) is 3. The van der Waals surface area contributed by atoms with E-state index in [1.807, 2.05) is 5.43 Å². The van der Waals surface area contributed by atoms with E-state index in [9.17, 15) is 14.3 Å². The van der Waals surface area contributed by atoms with E-state index < -0.39 is 17.6 Å². The summed E-state index contributed by atoms with van der Waals surface area (Å²) in [5.41, 5.74) is 7.49. The Hall–Kier alpha value is -2.11. The number of carbonyl (C=O) groups is 1. The largest absolute Gasteiger partial charge is 0.504 e. The van der Waals surface area contributed by atoms with Crippen LogP contribution in [0, 0.1) is 12.7 Å². The van der Waals surface area contributed by atoms with Gasteiger partial charge in [0, 0.05) is 5.56 Å². The summed E-state index contributed by atoms with van der Waals surface area (Å²) in [5.74, 6) is -1.26. The fourth-order valence-electron chi connectivity index (χ4n) is 1.03. The molecular formula is C9H10FN3O2. The maximum absolute atomic E-state index is 13.0. The third kappa shape index (κ3) is 2.94. The number of rotatable bonds is 2. The summed E-state index contributed by atoms with van der Waals surface area (Å²) in [6, 6.07) is 1.87. The number of benzene rings is 1. The molecule has 0 aliphatic heterocycles. The molecule has 6 heteroatoms. The second-order valence-corrected chi connectivity index (χ2v) is 2.92. The highest BCUT2D eigenvalue weighted by Gasteiger charge is 2.06. The van der Waals surface area contributed by atoms with Crippen LogP contribution in [0.3, 0.4) is 0 Å². The van der Waals surface area contributed by atoms with E-state index in [4.69, 9.17) is 5.73 Å². The van der Waals surface area contributed by atoms with E-state index in [-0.39, 0.29) is 5.56 Å². The van der Waals surface area contributed by atoms with Crippen LogP contribution in [-0.4, -0.2) is 17.4 Å². The molecule has 0 heterocycles. The van der Waals surface area contributed by atoms with Gasteiger partial charge in [0.05, 0.1) is 6.21 Å².